The molecule has 2 heterocycles. The second-order valence-corrected chi connectivity index (χ2v) is 4.60. The number of nitrogens with one attached hydrogen (secondary N) is 1. The molecule has 1 amide bonds. The fraction of sp³-hybridized carbons (Fsp3) is 0.538. The highest BCUT2D eigenvalue weighted by Crippen LogP contribution is 2.23. The summed E-state index contributed by atoms with van der Waals surface area (Å²) in [6.07, 6.45) is 2.43. The molecule has 0 spiro atoms. The van der Waals surface area contributed by atoms with Gasteiger partial charge in [0.15, 0.2) is 0 Å². The van der Waals surface area contributed by atoms with Gasteiger partial charge in [-0.3, -0.25) is 9.69 Å². The molecule has 0 aliphatic carbocycles. The van der Waals surface area contributed by atoms with Crippen LogP contribution in [-0.2, 0) is 9.53 Å². The van der Waals surface area contributed by atoms with E-state index in [4.69, 9.17) is 9.47 Å². The van der Waals surface area contributed by atoms with Crippen molar-refractivity contribution in [3.8, 4) is 5.88 Å². The number of carbonyl (C=O) groups excluding carboxylic acids is 1. The molecule has 19 heavy (non-hydrogen) atoms. The van der Waals surface area contributed by atoms with Crippen LogP contribution in [0.4, 0.5) is 5.69 Å². The van der Waals surface area contributed by atoms with Gasteiger partial charge in [-0.25, -0.2) is 4.98 Å². The monoisotopic (exact) mass is 265 g/mol. The topological polar surface area (TPSA) is 63.7 Å². The van der Waals surface area contributed by atoms with E-state index in [1.807, 2.05) is 11.9 Å². The lowest BCUT2D eigenvalue weighted by molar-refractivity contribution is -0.120. The van der Waals surface area contributed by atoms with E-state index in [-0.39, 0.29) is 18.1 Å². The molecule has 6 nitrogen and oxygen atoms in total. The van der Waals surface area contributed by atoms with Crippen LogP contribution in [0.25, 0.3) is 0 Å². The molecule has 104 valence electrons. The molecule has 0 unspecified atom stereocenters. The number of methoxy groups -OCH3 is 2. The first kappa shape index (κ1) is 13.8. The highest BCUT2D eigenvalue weighted by Gasteiger charge is 2.34. The van der Waals surface area contributed by atoms with Crippen LogP contribution in [0.5, 0.6) is 5.88 Å². The fourth-order valence-electron chi connectivity index (χ4n) is 2.29. The van der Waals surface area contributed by atoms with E-state index >= 15 is 0 Å². The average molecular weight is 265 g/mol. The maximum Gasteiger partial charge on any atom is 0.241 e. The standard InChI is InChI=1S/C13H19N3O3/c1-16-8-9(18-2)7-11(16)12(17)15-10-5-4-6-14-13(10)19-3/h4-6,9,11H,7-8H2,1-3H3,(H,15,17)/t9-,11-/m0/s1. The molecular formula is C13H19N3O3. The number of ether oxygens (including phenoxy) is 2. The van der Waals surface area contributed by atoms with Crippen LogP contribution < -0.4 is 10.1 Å². The predicted octanol–water partition coefficient (Wildman–Crippen LogP) is 0.748. The summed E-state index contributed by atoms with van der Waals surface area (Å²) < 4.78 is 10.4. The summed E-state index contributed by atoms with van der Waals surface area (Å²) in [4.78, 5) is 18.3. The Hall–Kier alpha value is -1.66. The fourth-order valence-corrected chi connectivity index (χ4v) is 2.29. The summed E-state index contributed by atoms with van der Waals surface area (Å²) in [5, 5.41) is 2.85. The molecule has 1 aromatic rings. The van der Waals surface area contributed by atoms with Crippen LogP contribution in [0.15, 0.2) is 18.3 Å². The SMILES string of the molecule is COc1ncccc1NC(=O)[C@@H]1C[C@H](OC)CN1C. The van der Waals surface area contributed by atoms with E-state index in [2.05, 4.69) is 10.3 Å². The van der Waals surface area contributed by atoms with Crippen molar-refractivity contribution in [2.45, 2.75) is 18.6 Å². The Morgan fingerprint density at radius 1 is 1.53 bits per heavy atom. The summed E-state index contributed by atoms with van der Waals surface area (Å²) in [6.45, 7) is 0.763. The Balaban J connectivity index is 2.05. The smallest absolute Gasteiger partial charge is 0.241 e. The van der Waals surface area contributed by atoms with Crippen LogP contribution in [0.2, 0.25) is 0 Å². The third-order valence-corrected chi connectivity index (χ3v) is 3.37. The molecule has 2 atom stereocenters. The second kappa shape index (κ2) is 5.99. The Morgan fingerprint density at radius 2 is 2.32 bits per heavy atom. The molecule has 0 radical (unpaired) electrons. The van der Waals surface area contributed by atoms with Gasteiger partial charge in [-0.05, 0) is 25.6 Å². The van der Waals surface area contributed by atoms with Gasteiger partial charge in [0.25, 0.3) is 0 Å². The third kappa shape index (κ3) is 3.02. The molecule has 1 N–H and O–H groups in total. The normalized spacial score (nSPS) is 23.3. The molecule has 0 saturated carbocycles. The number of amides is 1. The number of pyridine rings is 1. The van der Waals surface area contributed by atoms with Crippen molar-refractivity contribution in [3.63, 3.8) is 0 Å². The highest BCUT2D eigenvalue weighted by molar-refractivity contribution is 5.96. The van der Waals surface area contributed by atoms with Crippen molar-refractivity contribution in [2.24, 2.45) is 0 Å². The number of likely N-dealkylation sites (N-methyl/N-ethyl adjacent to an activating group) is 1. The molecule has 0 aromatic carbocycles. The number of anilines is 1. The molecule has 1 aromatic heterocycles. The summed E-state index contributed by atoms with van der Waals surface area (Å²) in [7, 11) is 5.12. The minimum atomic E-state index is -0.185. The summed E-state index contributed by atoms with van der Waals surface area (Å²) in [6, 6.07) is 3.34. The second-order valence-electron chi connectivity index (χ2n) is 4.60. The molecule has 1 fully saturated rings. The number of likely N-dealkylation sites (tertiary alicyclic amines) is 1. The lowest BCUT2D eigenvalue weighted by Crippen LogP contribution is -2.37. The summed E-state index contributed by atoms with van der Waals surface area (Å²) in [5.74, 6) is 0.355. The van der Waals surface area contributed by atoms with E-state index in [0.29, 0.717) is 18.0 Å². The van der Waals surface area contributed by atoms with Crippen molar-refractivity contribution >= 4 is 11.6 Å². The van der Waals surface area contributed by atoms with E-state index in [0.717, 1.165) is 6.54 Å². The zero-order valence-electron chi connectivity index (χ0n) is 11.4. The molecule has 1 saturated heterocycles. The van der Waals surface area contributed by atoms with E-state index in [1.54, 1.807) is 25.4 Å². The lowest BCUT2D eigenvalue weighted by atomic mass is 10.2. The van der Waals surface area contributed by atoms with Gasteiger partial charge >= 0.3 is 0 Å². The first-order chi connectivity index (χ1) is 9.15. The Bertz CT molecular complexity index is 453. The number of aromatic nitrogens is 1. The zero-order valence-corrected chi connectivity index (χ0v) is 11.4. The molecule has 6 heteroatoms. The van der Waals surface area contributed by atoms with Crippen LogP contribution in [0.1, 0.15) is 6.42 Å². The van der Waals surface area contributed by atoms with Crippen LogP contribution >= 0.6 is 0 Å². The number of carbonyl (C=O) groups is 1. The van der Waals surface area contributed by atoms with Crippen LogP contribution in [-0.4, -0.2) is 55.7 Å². The Kier molecular flexibility index (Phi) is 4.34. The minimum absolute atomic E-state index is 0.0617. The maximum absolute atomic E-state index is 12.3. The first-order valence-electron chi connectivity index (χ1n) is 6.18. The predicted molar refractivity (Wildman–Crippen MR) is 71.3 cm³/mol. The first-order valence-corrected chi connectivity index (χ1v) is 6.18. The molecule has 1 aliphatic rings. The van der Waals surface area contributed by atoms with Gasteiger partial charge in [-0.1, -0.05) is 0 Å². The molecule has 2 rings (SSSR count). The van der Waals surface area contributed by atoms with Crippen molar-refractivity contribution in [3.05, 3.63) is 18.3 Å². The van der Waals surface area contributed by atoms with Gasteiger partial charge in [0.05, 0.1) is 19.3 Å². The largest absolute Gasteiger partial charge is 0.480 e. The zero-order chi connectivity index (χ0) is 13.8. The molecular weight excluding hydrogens is 246 g/mol. The van der Waals surface area contributed by atoms with Gasteiger partial charge in [-0.15, -0.1) is 0 Å². The Morgan fingerprint density at radius 3 is 2.95 bits per heavy atom. The van der Waals surface area contributed by atoms with E-state index in [9.17, 15) is 4.79 Å². The summed E-state index contributed by atoms with van der Waals surface area (Å²) >= 11 is 0. The number of hydrogen-bond acceptors (Lipinski definition) is 5. The van der Waals surface area contributed by atoms with E-state index in [1.165, 1.54) is 7.11 Å². The number of hydrogen-bond donors (Lipinski definition) is 1. The highest BCUT2D eigenvalue weighted by atomic mass is 16.5. The van der Waals surface area contributed by atoms with Crippen molar-refractivity contribution < 1.29 is 14.3 Å². The quantitative estimate of drug-likeness (QED) is 0.870. The van der Waals surface area contributed by atoms with Crippen LogP contribution in [0, 0.1) is 0 Å². The Labute approximate surface area is 112 Å². The van der Waals surface area contributed by atoms with Crippen LogP contribution in [0.3, 0.4) is 0 Å². The summed E-state index contributed by atoms with van der Waals surface area (Å²) in [5.41, 5.74) is 0.587. The van der Waals surface area contributed by atoms with Crippen molar-refractivity contribution in [1.29, 1.82) is 0 Å². The van der Waals surface area contributed by atoms with Gasteiger partial charge in [0.1, 0.15) is 5.69 Å². The molecule has 0 bridgehead atoms. The van der Waals surface area contributed by atoms with Gasteiger partial charge < -0.3 is 14.8 Å². The van der Waals surface area contributed by atoms with Gasteiger partial charge in [0, 0.05) is 19.9 Å². The average Bonchev–Trinajstić information content (AvgIpc) is 2.80. The van der Waals surface area contributed by atoms with Gasteiger partial charge in [-0.2, -0.15) is 0 Å². The lowest BCUT2D eigenvalue weighted by Gasteiger charge is -2.18. The number of rotatable bonds is 4. The van der Waals surface area contributed by atoms with Crippen molar-refractivity contribution in [1.82, 2.24) is 9.88 Å². The molecule has 1 aliphatic heterocycles. The number of nitrogens with zero attached hydrogens (tertiary/aromatic N) is 2. The van der Waals surface area contributed by atoms with Gasteiger partial charge in [0.2, 0.25) is 11.8 Å². The third-order valence-electron chi connectivity index (χ3n) is 3.37. The minimum Gasteiger partial charge on any atom is -0.480 e. The van der Waals surface area contributed by atoms with Crippen molar-refractivity contribution in [2.75, 3.05) is 33.1 Å². The van der Waals surface area contributed by atoms with E-state index < -0.39 is 0 Å². The maximum atomic E-state index is 12.3.